The summed E-state index contributed by atoms with van der Waals surface area (Å²) in [5.74, 6) is 0.285. The first-order chi connectivity index (χ1) is 23.2. The third kappa shape index (κ3) is 6.31. The number of benzene rings is 4. The van der Waals surface area contributed by atoms with Crippen molar-refractivity contribution in [3.63, 3.8) is 0 Å². The molecule has 1 N–H and O–H groups in total. The summed E-state index contributed by atoms with van der Waals surface area (Å²) in [6, 6.07) is 41.7. The SMILES string of the molecule is CC(C)(C)c1cc(-n2c3ccccc3c3ccc(-c4[c-]c(C(C)(C)c5ccccn5)cc(-c5ccccc5)c4)nc32)c(O)c(C(C)(C)C)c1.[Pt]. The number of nitrogens with zero attached hydrogens (tertiary/aromatic N) is 3. The van der Waals surface area contributed by atoms with Crippen molar-refractivity contribution in [2.24, 2.45) is 0 Å². The van der Waals surface area contributed by atoms with Crippen molar-refractivity contribution in [1.82, 2.24) is 14.5 Å². The molecule has 7 aromatic rings. The average molecular weight is 838 g/mol. The van der Waals surface area contributed by atoms with E-state index in [2.05, 4.69) is 157 Å². The second-order valence-corrected chi connectivity index (χ2v) is 15.7. The summed E-state index contributed by atoms with van der Waals surface area (Å²) in [5, 5.41) is 14.2. The van der Waals surface area contributed by atoms with E-state index in [9.17, 15) is 5.11 Å². The van der Waals surface area contributed by atoms with E-state index in [-0.39, 0.29) is 37.6 Å². The average Bonchev–Trinajstić information content (AvgIpc) is 3.41. The Bertz CT molecular complexity index is 2330. The maximum absolute atomic E-state index is 12.0. The summed E-state index contributed by atoms with van der Waals surface area (Å²) >= 11 is 0. The van der Waals surface area contributed by atoms with Gasteiger partial charge in [0.25, 0.3) is 0 Å². The van der Waals surface area contributed by atoms with Crippen molar-refractivity contribution in [1.29, 1.82) is 0 Å². The van der Waals surface area contributed by atoms with Crippen LogP contribution >= 0.6 is 0 Å². The molecule has 0 aliphatic carbocycles. The number of aromatic nitrogens is 3. The van der Waals surface area contributed by atoms with Crippen molar-refractivity contribution in [2.45, 2.75) is 71.6 Å². The van der Waals surface area contributed by atoms with E-state index in [1.54, 1.807) is 0 Å². The van der Waals surface area contributed by atoms with Gasteiger partial charge in [-0.25, -0.2) is 0 Å². The fourth-order valence-electron chi connectivity index (χ4n) is 6.74. The molecule has 0 amide bonds. The topological polar surface area (TPSA) is 50.9 Å². The number of hydrogen-bond donors (Lipinski definition) is 1. The van der Waals surface area contributed by atoms with Crippen LogP contribution in [0.2, 0.25) is 0 Å². The van der Waals surface area contributed by atoms with E-state index in [0.717, 1.165) is 72.4 Å². The van der Waals surface area contributed by atoms with Crippen LogP contribution in [0.15, 0.2) is 115 Å². The van der Waals surface area contributed by atoms with E-state index in [1.807, 2.05) is 24.4 Å². The quantitative estimate of drug-likeness (QED) is 0.176. The van der Waals surface area contributed by atoms with Gasteiger partial charge in [-0.1, -0.05) is 128 Å². The van der Waals surface area contributed by atoms with Gasteiger partial charge in [0.1, 0.15) is 11.4 Å². The Labute approximate surface area is 310 Å². The van der Waals surface area contributed by atoms with Crippen molar-refractivity contribution in [3.05, 3.63) is 144 Å². The largest absolute Gasteiger partial charge is 0.505 e. The van der Waals surface area contributed by atoms with Crippen molar-refractivity contribution < 1.29 is 26.2 Å². The molecular formula is C45H44N3OPt-. The summed E-state index contributed by atoms with van der Waals surface area (Å²) < 4.78 is 2.15. The van der Waals surface area contributed by atoms with Crippen LogP contribution in [0.5, 0.6) is 5.75 Å². The molecule has 3 heterocycles. The minimum atomic E-state index is -0.400. The van der Waals surface area contributed by atoms with Crippen molar-refractivity contribution in [3.8, 4) is 33.8 Å². The Morgan fingerprint density at radius 2 is 1.36 bits per heavy atom. The predicted octanol–water partition coefficient (Wildman–Crippen LogP) is 11.3. The maximum atomic E-state index is 12.0. The van der Waals surface area contributed by atoms with Gasteiger partial charge < -0.3 is 5.11 Å². The summed E-state index contributed by atoms with van der Waals surface area (Å²) in [6.45, 7) is 17.5. The molecule has 4 aromatic carbocycles. The standard InChI is InChI=1S/C45H44N3O.Pt/c1-43(2,3)32-27-36(44(4,5)6)41(49)39(28-32)48-38-19-13-12-18-34(38)35-21-22-37(47-42(35)48)31-24-30(29-16-10-9-11-17-29)25-33(26-31)45(7,8)40-20-14-15-23-46-40;/h9-25,27-28,49H,1-8H3;/q-1;. The van der Waals surface area contributed by atoms with Crippen molar-refractivity contribution in [2.75, 3.05) is 0 Å². The van der Waals surface area contributed by atoms with Crippen molar-refractivity contribution >= 4 is 21.9 Å². The van der Waals surface area contributed by atoms with E-state index in [1.165, 1.54) is 0 Å². The van der Waals surface area contributed by atoms with Crippen LogP contribution in [-0.2, 0) is 37.3 Å². The van der Waals surface area contributed by atoms with Gasteiger partial charge in [-0.15, -0.1) is 34.9 Å². The Morgan fingerprint density at radius 3 is 2.04 bits per heavy atom. The predicted molar refractivity (Wildman–Crippen MR) is 204 cm³/mol. The van der Waals surface area contributed by atoms with Crippen LogP contribution in [-0.4, -0.2) is 19.6 Å². The molecule has 0 aliphatic heterocycles. The van der Waals surface area contributed by atoms with E-state index < -0.39 is 5.41 Å². The maximum Gasteiger partial charge on any atom is 0.143 e. The van der Waals surface area contributed by atoms with E-state index in [0.29, 0.717) is 0 Å². The molecule has 256 valence electrons. The summed E-state index contributed by atoms with van der Waals surface area (Å²) in [5.41, 5.74) is 9.80. The minimum Gasteiger partial charge on any atom is -0.505 e. The molecule has 0 unspecified atom stereocenters. The molecule has 4 nitrogen and oxygen atoms in total. The van der Waals surface area contributed by atoms with Gasteiger partial charge >= 0.3 is 0 Å². The zero-order valence-corrected chi connectivity index (χ0v) is 32.3. The van der Waals surface area contributed by atoms with E-state index in [4.69, 9.17) is 9.97 Å². The molecule has 0 fully saturated rings. The fourth-order valence-corrected chi connectivity index (χ4v) is 6.74. The first-order valence-electron chi connectivity index (χ1n) is 17.1. The summed E-state index contributed by atoms with van der Waals surface area (Å²) in [6.07, 6.45) is 1.85. The van der Waals surface area contributed by atoms with E-state index >= 15 is 0 Å². The second kappa shape index (κ2) is 13.0. The first kappa shape index (κ1) is 35.3. The summed E-state index contributed by atoms with van der Waals surface area (Å²) in [4.78, 5) is 10.2. The van der Waals surface area contributed by atoms with Gasteiger partial charge in [-0.05, 0) is 51.9 Å². The third-order valence-electron chi connectivity index (χ3n) is 9.76. The Kier molecular flexibility index (Phi) is 9.16. The number of para-hydroxylation sites is 1. The minimum absolute atomic E-state index is 0. The molecule has 0 spiro atoms. The number of pyridine rings is 2. The zero-order valence-electron chi connectivity index (χ0n) is 30.1. The van der Waals surface area contributed by atoms with Gasteiger partial charge in [0, 0.05) is 54.7 Å². The second-order valence-electron chi connectivity index (χ2n) is 15.7. The van der Waals surface area contributed by atoms with Gasteiger partial charge in [-0.2, -0.15) is 0 Å². The van der Waals surface area contributed by atoms with Crippen LogP contribution < -0.4 is 0 Å². The molecule has 0 saturated carbocycles. The number of phenolic OH excluding ortho intramolecular Hbond substituents is 1. The molecule has 0 atom stereocenters. The van der Waals surface area contributed by atoms with Crippen LogP contribution in [0, 0.1) is 6.07 Å². The van der Waals surface area contributed by atoms with Crippen LogP contribution in [0.1, 0.15) is 77.8 Å². The smallest absolute Gasteiger partial charge is 0.143 e. The molecule has 50 heavy (non-hydrogen) atoms. The molecule has 0 radical (unpaired) electrons. The first-order valence-corrected chi connectivity index (χ1v) is 17.1. The van der Waals surface area contributed by atoms with Gasteiger partial charge in [-0.3, -0.25) is 14.5 Å². The Hall–Kier alpha value is -4.53. The van der Waals surface area contributed by atoms with Gasteiger partial charge in [0.2, 0.25) is 0 Å². The van der Waals surface area contributed by atoms with Crippen LogP contribution in [0.25, 0.3) is 50.0 Å². The zero-order chi connectivity index (χ0) is 34.7. The van der Waals surface area contributed by atoms with Gasteiger partial charge in [0.15, 0.2) is 0 Å². The molecule has 0 saturated heterocycles. The number of phenols is 1. The molecular weight excluding hydrogens is 794 g/mol. The number of hydrogen-bond acceptors (Lipinski definition) is 3. The van der Waals surface area contributed by atoms with Gasteiger partial charge in [0.05, 0.1) is 11.2 Å². The molecule has 0 bridgehead atoms. The number of aromatic hydroxyl groups is 1. The Balaban J connectivity index is 0.00000432. The molecule has 7 rings (SSSR count). The van der Waals surface area contributed by atoms with Crippen LogP contribution in [0.4, 0.5) is 0 Å². The third-order valence-corrected chi connectivity index (χ3v) is 9.76. The summed E-state index contributed by atoms with van der Waals surface area (Å²) in [7, 11) is 0. The Morgan fingerprint density at radius 1 is 0.660 bits per heavy atom. The molecule has 5 heteroatoms. The normalized spacial score (nSPS) is 12.3. The fraction of sp³-hybridized carbons (Fsp3) is 0.244. The monoisotopic (exact) mass is 837 g/mol. The number of rotatable bonds is 5. The molecule has 3 aromatic heterocycles. The van der Waals surface area contributed by atoms with Crippen LogP contribution in [0.3, 0.4) is 0 Å². The molecule has 0 aliphatic rings. The number of fused-ring (bicyclic) bond motifs is 3.